The summed E-state index contributed by atoms with van der Waals surface area (Å²) in [5.41, 5.74) is 0.287. The third kappa shape index (κ3) is 6.65. The van der Waals surface area contributed by atoms with Crippen molar-refractivity contribution in [2.45, 2.75) is 25.1 Å². The first-order valence-corrected chi connectivity index (χ1v) is 12.1. The van der Waals surface area contributed by atoms with E-state index in [1.165, 1.54) is 35.2 Å². The summed E-state index contributed by atoms with van der Waals surface area (Å²) in [5, 5.41) is 21.7. The molecule has 158 valence electrons. The summed E-state index contributed by atoms with van der Waals surface area (Å²) in [6, 6.07) is 3.85. The molecule has 1 amide bonds. The fourth-order valence-corrected chi connectivity index (χ4v) is 4.86. The number of nitro groups is 1. The molecule has 2 aromatic rings. The van der Waals surface area contributed by atoms with Gasteiger partial charge in [-0.3, -0.25) is 24.5 Å². The molecule has 10 nitrogen and oxygen atoms in total. The standard InChI is InChI=1S/C16H21N5O5S3/c1-10(2)9-27-16-19-18-15(28-16)17-14(22)8-20(29(4,25)26)13-7-12(21(23)24)6-5-11(13)3/h5-7,10H,8-9H2,1-4H3,(H,17,18,22). The number of hydrogen-bond donors (Lipinski definition) is 1. The lowest BCUT2D eigenvalue weighted by Gasteiger charge is -2.23. The first-order chi connectivity index (χ1) is 13.5. The van der Waals surface area contributed by atoms with Crippen LogP contribution in [0.4, 0.5) is 16.5 Å². The molecule has 2 rings (SSSR count). The van der Waals surface area contributed by atoms with Crippen molar-refractivity contribution in [1.82, 2.24) is 10.2 Å². The molecule has 1 aromatic carbocycles. The van der Waals surface area contributed by atoms with Gasteiger partial charge in [0.2, 0.25) is 21.1 Å². The smallest absolute Gasteiger partial charge is 0.271 e. The molecule has 1 aromatic heterocycles. The average Bonchev–Trinajstić information content (AvgIpc) is 3.04. The van der Waals surface area contributed by atoms with Gasteiger partial charge in [-0.05, 0) is 18.4 Å². The summed E-state index contributed by atoms with van der Waals surface area (Å²) in [7, 11) is -3.87. The Bertz CT molecular complexity index is 1010. The third-order valence-corrected chi connectivity index (χ3v) is 7.08. The van der Waals surface area contributed by atoms with Crippen LogP contribution in [0, 0.1) is 23.0 Å². The molecular weight excluding hydrogens is 438 g/mol. The second-order valence-electron chi connectivity index (χ2n) is 6.62. The highest BCUT2D eigenvalue weighted by atomic mass is 32.2. The number of benzene rings is 1. The maximum absolute atomic E-state index is 12.4. The molecule has 0 saturated carbocycles. The van der Waals surface area contributed by atoms with Crippen LogP contribution in [-0.2, 0) is 14.8 Å². The molecule has 1 N–H and O–H groups in total. The molecule has 0 aliphatic carbocycles. The Balaban J connectivity index is 2.19. The van der Waals surface area contributed by atoms with Crippen molar-refractivity contribution in [3.05, 3.63) is 33.9 Å². The van der Waals surface area contributed by atoms with Crippen LogP contribution in [0.15, 0.2) is 22.5 Å². The van der Waals surface area contributed by atoms with Gasteiger partial charge in [-0.1, -0.05) is 43.0 Å². The van der Waals surface area contributed by atoms with E-state index in [2.05, 4.69) is 29.4 Å². The summed E-state index contributed by atoms with van der Waals surface area (Å²) in [4.78, 5) is 22.8. The van der Waals surface area contributed by atoms with Crippen LogP contribution in [-0.4, -0.2) is 48.0 Å². The van der Waals surface area contributed by atoms with Crippen molar-refractivity contribution < 1.29 is 18.1 Å². The van der Waals surface area contributed by atoms with E-state index in [1.807, 2.05) is 0 Å². The van der Waals surface area contributed by atoms with Gasteiger partial charge in [-0.2, -0.15) is 0 Å². The highest BCUT2D eigenvalue weighted by molar-refractivity contribution is 8.01. The topological polar surface area (TPSA) is 135 Å². The maximum Gasteiger partial charge on any atom is 0.271 e. The molecule has 1 heterocycles. The van der Waals surface area contributed by atoms with Gasteiger partial charge in [0.1, 0.15) is 6.54 Å². The van der Waals surface area contributed by atoms with Crippen molar-refractivity contribution in [2.24, 2.45) is 5.92 Å². The molecule has 0 aliphatic heterocycles. The normalized spacial score (nSPS) is 11.5. The number of anilines is 2. The number of rotatable bonds is 9. The van der Waals surface area contributed by atoms with Crippen molar-refractivity contribution in [3.63, 3.8) is 0 Å². The van der Waals surface area contributed by atoms with E-state index in [4.69, 9.17) is 0 Å². The van der Waals surface area contributed by atoms with E-state index in [9.17, 15) is 23.3 Å². The summed E-state index contributed by atoms with van der Waals surface area (Å²) in [6.45, 7) is 5.21. The number of carbonyl (C=O) groups is 1. The Hall–Kier alpha value is -2.25. The number of sulfonamides is 1. The van der Waals surface area contributed by atoms with Gasteiger partial charge in [-0.15, -0.1) is 10.2 Å². The zero-order valence-electron chi connectivity index (χ0n) is 16.3. The second-order valence-corrected chi connectivity index (χ2v) is 10.8. The number of amides is 1. The molecule has 13 heteroatoms. The third-order valence-electron chi connectivity index (χ3n) is 3.55. The number of nitro benzene ring substituents is 1. The number of thioether (sulfide) groups is 1. The van der Waals surface area contributed by atoms with Crippen LogP contribution in [0.2, 0.25) is 0 Å². The molecule has 0 aliphatic rings. The fourth-order valence-electron chi connectivity index (χ4n) is 2.21. The molecule has 0 saturated heterocycles. The first kappa shape index (κ1) is 23.0. The van der Waals surface area contributed by atoms with E-state index in [0.29, 0.717) is 15.8 Å². The van der Waals surface area contributed by atoms with E-state index in [0.717, 1.165) is 22.4 Å². The van der Waals surface area contributed by atoms with Gasteiger partial charge in [0, 0.05) is 17.9 Å². The summed E-state index contributed by atoms with van der Waals surface area (Å²) < 4.78 is 26.0. The average molecular weight is 460 g/mol. The number of aromatic nitrogens is 2. The minimum Gasteiger partial charge on any atom is -0.299 e. The van der Waals surface area contributed by atoms with E-state index in [-0.39, 0.29) is 16.5 Å². The highest BCUT2D eigenvalue weighted by Gasteiger charge is 2.25. The SMILES string of the molecule is Cc1ccc([N+](=O)[O-])cc1N(CC(=O)Nc1nnc(SCC(C)C)s1)S(C)(=O)=O. The van der Waals surface area contributed by atoms with E-state index < -0.39 is 27.4 Å². The Labute approximate surface area is 176 Å². The molecule has 0 fully saturated rings. The van der Waals surface area contributed by atoms with Gasteiger partial charge < -0.3 is 0 Å². The molecule has 0 bridgehead atoms. The lowest BCUT2D eigenvalue weighted by molar-refractivity contribution is -0.384. The van der Waals surface area contributed by atoms with Gasteiger partial charge in [0.05, 0.1) is 16.9 Å². The Morgan fingerprint density at radius 1 is 1.38 bits per heavy atom. The van der Waals surface area contributed by atoms with Crippen molar-refractivity contribution in [1.29, 1.82) is 0 Å². The predicted molar refractivity (Wildman–Crippen MR) is 114 cm³/mol. The molecule has 0 atom stereocenters. The summed E-state index contributed by atoms with van der Waals surface area (Å²) in [5.74, 6) is 0.706. The zero-order valence-corrected chi connectivity index (χ0v) is 18.7. The lowest BCUT2D eigenvalue weighted by Crippen LogP contribution is -2.37. The van der Waals surface area contributed by atoms with Crippen LogP contribution in [0.3, 0.4) is 0 Å². The van der Waals surface area contributed by atoms with Crippen LogP contribution < -0.4 is 9.62 Å². The Morgan fingerprint density at radius 2 is 2.07 bits per heavy atom. The van der Waals surface area contributed by atoms with Crippen molar-refractivity contribution >= 4 is 55.5 Å². The number of nitrogens with one attached hydrogen (secondary N) is 1. The monoisotopic (exact) mass is 459 g/mol. The van der Waals surface area contributed by atoms with Gasteiger partial charge in [0.25, 0.3) is 5.69 Å². The van der Waals surface area contributed by atoms with Crippen LogP contribution >= 0.6 is 23.1 Å². The van der Waals surface area contributed by atoms with Gasteiger partial charge in [-0.25, -0.2) is 8.42 Å². The summed E-state index contributed by atoms with van der Waals surface area (Å²) >= 11 is 2.72. The quantitative estimate of drug-likeness (QED) is 0.262. The minimum atomic E-state index is -3.87. The number of carbonyl (C=O) groups excluding carboxylic acids is 1. The predicted octanol–water partition coefficient (Wildman–Crippen LogP) is 2.91. The van der Waals surface area contributed by atoms with Crippen LogP contribution in [0.25, 0.3) is 0 Å². The van der Waals surface area contributed by atoms with Crippen LogP contribution in [0.5, 0.6) is 0 Å². The Morgan fingerprint density at radius 3 is 2.66 bits per heavy atom. The lowest BCUT2D eigenvalue weighted by atomic mass is 10.2. The maximum atomic E-state index is 12.4. The number of non-ortho nitro benzene ring substituents is 1. The van der Waals surface area contributed by atoms with Crippen molar-refractivity contribution in [3.8, 4) is 0 Å². The molecule has 0 unspecified atom stereocenters. The van der Waals surface area contributed by atoms with Gasteiger partial charge >= 0.3 is 0 Å². The number of nitrogens with zero attached hydrogens (tertiary/aromatic N) is 4. The first-order valence-electron chi connectivity index (χ1n) is 8.46. The number of aryl methyl sites for hydroxylation is 1. The highest BCUT2D eigenvalue weighted by Crippen LogP contribution is 2.29. The largest absolute Gasteiger partial charge is 0.299 e. The zero-order chi connectivity index (χ0) is 21.8. The van der Waals surface area contributed by atoms with Crippen molar-refractivity contribution in [2.75, 3.05) is 28.2 Å². The Kier molecular flexibility index (Phi) is 7.54. The molecule has 0 spiro atoms. The minimum absolute atomic E-state index is 0.0716. The molecule has 0 radical (unpaired) electrons. The van der Waals surface area contributed by atoms with Crippen LogP contribution in [0.1, 0.15) is 19.4 Å². The van der Waals surface area contributed by atoms with E-state index in [1.54, 1.807) is 6.92 Å². The molecule has 29 heavy (non-hydrogen) atoms. The van der Waals surface area contributed by atoms with Gasteiger partial charge in [0.15, 0.2) is 4.34 Å². The fraction of sp³-hybridized carbons (Fsp3) is 0.438. The summed E-state index contributed by atoms with van der Waals surface area (Å²) in [6.07, 6.45) is 0.935. The van der Waals surface area contributed by atoms with E-state index >= 15 is 0 Å². The second kappa shape index (κ2) is 9.50. The molecular formula is C16H21N5O5S3. The number of hydrogen-bond acceptors (Lipinski definition) is 9.